The van der Waals surface area contributed by atoms with Crippen LogP contribution >= 0.6 is 22.9 Å². The number of rotatable bonds is 3. The largest absolute Gasteiger partial charge is 0.311 e. The van der Waals surface area contributed by atoms with Crippen LogP contribution in [0.2, 0.25) is 5.02 Å². The summed E-state index contributed by atoms with van der Waals surface area (Å²) < 4.78 is 27.1. The summed E-state index contributed by atoms with van der Waals surface area (Å²) in [5.74, 6) is 0. The molecule has 0 aliphatic carbocycles. The van der Waals surface area contributed by atoms with E-state index in [4.69, 9.17) is 11.6 Å². The van der Waals surface area contributed by atoms with Crippen molar-refractivity contribution in [3.05, 3.63) is 39.9 Å². The molecule has 20 heavy (non-hydrogen) atoms. The molecule has 5 nitrogen and oxygen atoms in total. The maximum Gasteiger partial charge on any atom is 0.265 e. The van der Waals surface area contributed by atoms with Gasteiger partial charge in [-0.1, -0.05) is 35.1 Å². The van der Waals surface area contributed by atoms with Gasteiger partial charge < -0.3 is 5.32 Å². The first-order chi connectivity index (χ1) is 9.56. The SMILES string of the molecule is O=S(=O)(Nc1nc2c(s1)CNCC2)c1ccccc1Cl. The fourth-order valence-electron chi connectivity index (χ4n) is 2.00. The van der Waals surface area contributed by atoms with Gasteiger partial charge in [0.05, 0.1) is 10.7 Å². The number of nitrogens with one attached hydrogen (secondary N) is 2. The zero-order valence-corrected chi connectivity index (χ0v) is 12.8. The Hall–Kier alpha value is -1.15. The first-order valence-electron chi connectivity index (χ1n) is 6.03. The molecule has 106 valence electrons. The first kappa shape index (κ1) is 13.8. The molecule has 1 aliphatic heterocycles. The van der Waals surface area contributed by atoms with Crippen LogP contribution in [0.25, 0.3) is 0 Å². The molecule has 0 bridgehead atoms. The summed E-state index contributed by atoms with van der Waals surface area (Å²) in [5.41, 5.74) is 0.964. The van der Waals surface area contributed by atoms with Gasteiger partial charge >= 0.3 is 0 Å². The van der Waals surface area contributed by atoms with Crippen molar-refractivity contribution in [3.8, 4) is 0 Å². The molecular weight excluding hydrogens is 318 g/mol. The van der Waals surface area contributed by atoms with Gasteiger partial charge in [0.15, 0.2) is 5.13 Å². The van der Waals surface area contributed by atoms with E-state index in [1.54, 1.807) is 18.2 Å². The van der Waals surface area contributed by atoms with E-state index in [0.29, 0.717) is 5.13 Å². The summed E-state index contributed by atoms with van der Waals surface area (Å²) >= 11 is 7.29. The Balaban J connectivity index is 1.90. The van der Waals surface area contributed by atoms with Crippen molar-refractivity contribution >= 4 is 38.1 Å². The van der Waals surface area contributed by atoms with E-state index in [-0.39, 0.29) is 9.92 Å². The maximum absolute atomic E-state index is 12.3. The molecular formula is C12H12ClN3O2S2. The van der Waals surface area contributed by atoms with E-state index in [1.807, 2.05) is 0 Å². The van der Waals surface area contributed by atoms with Crippen molar-refractivity contribution in [3.63, 3.8) is 0 Å². The molecule has 2 heterocycles. The first-order valence-corrected chi connectivity index (χ1v) is 8.71. The second-order valence-electron chi connectivity index (χ2n) is 4.35. The van der Waals surface area contributed by atoms with Gasteiger partial charge in [0.1, 0.15) is 4.90 Å². The van der Waals surface area contributed by atoms with Crippen LogP contribution in [0.1, 0.15) is 10.6 Å². The van der Waals surface area contributed by atoms with E-state index in [2.05, 4.69) is 15.0 Å². The highest BCUT2D eigenvalue weighted by Gasteiger charge is 2.21. The minimum atomic E-state index is -3.70. The summed E-state index contributed by atoms with van der Waals surface area (Å²) in [6.07, 6.45) is 0.819. The molecule has 2 aromatic rings. The van der Waals surface area contributed by atoms with Crippen molar-refractivity contribution in [1.29, 1.82) is 0 Å². The fourth-order valence-corrected chi connectivity index (χ4v) is 4.73. The van der Waals surface area contributed by atoms with Crippen molar-refractivity contribution in [1.82, 2.24) is 10.3 Å². The van der Waals surface area contributed by atoms with Crippen molar-refractivity contribution in [2.75, 3.05) is 11.3 Å². The van der Waals surface area contributed by atoms with Gasteiger partial charge in [-0.3, -0.25) is 4.72 Å². The second kappa shape index (κ2) is 5.33. The third-order valence-electron chi connectivity index (χ3n) is 2.95. The Kier molecular flexibility index (Phi) is 3.68. The maximum atomic E-state index is 12.3. The van der Waals surface area contributed by atoms with Crippen molar-refractivity contribution < 1.29 is 8.42 Å². The fraction of sp³-hybridized carbons (Fsp3) is 0.250. The van der Waals surface area contributed by atoms with Gasteiger partial charge in [0.2, 0.25) is 0 Å². The summed E-state index contributed by atoms with van der Waals surface area (Å²) in [4.78, 5) is 5.48. The monoisotopic (exact) mass is 329 g/mol. The van der Waals surface area contributed by atoms with Crippen LogP contribution in [-0.2, 0) is 23.0 Å². The lowest BCUT2D eigenvalue weighted by atomic mass is 10.2. The van der Waals surface area contributed by atoms with Crippen LogP contribution in [0.4, 0.5) is 5.13 Å². The van der Waals surface area contributed by atoms with Gasteiger partial charge in [0.25, 0.3) is 10.0 Å². The smallest absolute Gasteiger partial charge is 0.265 e. The van der Waals surface area contributed by atoms with Gasteiger partial charge in [0, 0.05) is 24.4 Å². The van der Waals surface area contributed by atoms with Crippen molar-refractivity contribution in [2.24, 2.45) is 0 Å². The number of anilines is 1. The molecule has 0 saturated carbocycles. The van der Waals surface area contributed by atoms with Gasteiger partial charge in [-0.2, -0.15) is 0 Å². The number of hydrogen-bond donors (Lipinski definition) is 2. The second-order valence-corrected chi connectivity index (χ2v) is 7.49. The molecule has 0 saturated heterocycles. The molecule has 1 aromatic heterocycles. The lowest BCUT2D eigenvalue weighted by Crippen LogP contribution is -2.22. The summed E-state index contributed by atoms with van der Waals surface area (Å²) in [5, 5.41) is 3.81. The van der Waals surface area contributed by atoms with Crippen LogP contribution in [-0.4, -0.2) is 19.9 Å². The predicted octanol–water partition coefficient (Wildman–Crippen LogP) is 2.24. The Bertz CT molecular complexity index is 719. The highest BCUT2D eigenvalue weighted by molar-refractivity contribution is 7.93. The number of sulfonamides is 1. The highest BCUT2D eigenvalue weighted by Crippen LogP contribution is 2.28. The van der Waals surface area contributed by atoms with E-state index in [0.717, 1.165) is 30.1 Å². The molecule has 1 aromatic carbocycles. The lowest BCUT2D eigenvalue weighted by molar-refractivity contribution is 0.601. The molecule has 0 unspecified atom stereocenters. The van der Waals surface area contributed by atoms with Crippen LogP contribution in [0.5, 0.6) is 0 Å². The van der Waals surface area contributed by atoms with E-state index < -0.39 is 10.0 Å². The van der Waals surface area contributed by atoms with Crippen LogP contribution in [0.3, 0.4) is 0 Å². The molecule has 2 N–H and O–H groups in total. The Morgan fingerprint density at radius 2 is 2.15 bits per heavy atom. The number of fused-ring (bicyclic) bond motifs is 1. The highest BCUT2D eigenvalue weighted by atomic mass is 35.5. The minimum Gasteiger partial charge on any atom is -0.311 e. The average molecular weight is 330 g/mol. The molecule has 8 heteroatoms. The quantitative estimate of drug-likeness (QED) is 0.906. The van der Waals surface area contributed by atoms with Crippen molar-refractivity contribution in [2.45, 2.75) is 17.9 Å². The number of benzene rings is 1. The van der Waals surface area contributed by atoms with E-state index in [1.165, 1.54) is 17.4 Å². The molecule has 0 radical (unpaired) electrons. The summed E-state index contributed by atoms with van der Waals surface area (Å²) in [7, 11) is -3.70. The van der Waals surface area contributed by atoms with Gasteiger partial charge in [-0.25, -0.2) is 13.4 Å². The van der Waals surface area contributed by atoms with E-state index in [9.17, 15) is 8.42 Å². The zero-order valence-electron chi connectivity index (χ0n) is 10.4. The van der Waals surface area contributed by atoms with Crippen LogP contribution < -0.4 is 10.0 Å². The van der Waals surface area contributed by atoms with E-state index >= 15 is 0 Å². The normalized spacial score (nSPS) is 14.8. The number of thiazole rings is 1. The standard InChI is InChI=1S/C12H12ClN3O2S2/c13-8-3-1-2-4-11(8)20(17,18)16-12-15-9-5-6-14-7-10(9)19-12/h1-4,14H,5-7H2,(H,15,16). The number of nitrogens with zero attached hydrogens (tertiary/aromatic N) is 1. The predicted molar refractivity (Wildman–Crippen MR) is 79.8 cm³/mol. The van der Waals surface area contributed by atoms with Crippen LogP contribution in [0, 0.1) is 0 Å². The van der Waals surface area contributed by atoms with Crippen LogP contribution in [0.15, 0.2) is 29.2 Å². The summed E-state index contributed by atoms with van der Waals surface area (Å²) in [6, 6.07) is 6.35. The minimum absolute atomic E-state index is 0.0629. The average Bonchev–Trinajstić information content (AvgIpc) is 2.80. The number of halogens is 1. The lowest BCUT2D eigenvalue weighted by Gasteiger charge is -2.09. The number of aromatic nitrogens is 1. The zero-order chi connectivity index (χ0) is 14.2. The van der Waals surface area contributed by atoms with Gasteiger partial charge in [-0.05, 0) is 12.1 Å². The molecule has 0 atom stereocenters. The molecule has 1 aliphatic rings. The Morgan fingerprint density at radius 3 is 2.90 bits per heavy atom. The Morgan fingerprint density at radius 1 is 1.35 bits per heavy atom. The number of hydrogen-bond acceptors (Lipinski definition) is 5. The third kappa shape index (κ3) is 2.67. The topological polar surface area (TPSA) is 71.1 Å². The Labute approximate surface area is 126 Å². The molecule has 0 fully saturated rings. The third-order valence-corrected chi connectivity index (χ3v) is 5.93. The van der Waals surface area contributed by atoms with Gasteiger partial charge in [-0.15, -0.1) is 0 Å². The molecule has 3 rings (SSSR count). The molecule has 0 spiro atoms. The summed E-state index contributed by atoms with van der Waals surface area (Å²) in [6.45, 7) is 1.61. The molecule has 0 amide bonds.